The van der Waals surface area contributed by atoms with Crippen LogP contribution < -0.4 is 5.73 Å². The summed E-state index contributed by atoms with van der Waals surface area (Å²) in [6.07, 6.45) is 7.18. The Labute approximate surface area is 189 Å². The largest absolute Gasteiger partial charge is 0.399 e. The van der Waals surface area contributed by atoms with Gasteiger partial charge in [0.1, 0.15) is 7.11 Å². The summed E-state index contributed by atoms with van der Waals surface area (Å²) in [4.78, 5) is 30.8. The lowest BCUT2D eigenvalue weighted by atomic mass is 9.87. The molecule has 1 amide bonds. The molecule has 3 heterocycles. The molecule has 0 spiro atoms. The number of piperidine rings is 2. The molecule has 1 aromatic carbocycles. The van der Waals surface area contributed by atoms with Crippen molar-refractivity contribution >= 4 is 17.6 Å². The molecule has 0 saturated carbocycles. The SMILES string of the molecule is CON=C(c1ccccc1)C1CCN(C(=O)C2CCN(Cc3cnc(N)nc3)CC2)CC1. The van der Waals surface area contributed by atoms with Crippen LogP contribution in [0.4, 0.5) is 5.95 Å². The third kappa shape index (κ3) is 5.43. The van der Waals surface area contributed by atoms with E-state index in [0.29, 0.717) is 17.8 Å². The Morgan fingerprint density at radius 2 is 1.66 bits per heavy atom. The lowest BCUT2D eigenvalue weighted by Crippen LogP contribution is -2.46. The summed E-state index contributed by atoms with van der Waals surface area (Å²) >= 11 is 0. The summed E-state index contributed by atoms with van der Waals surface area (Å²) in [6.45, 7) is 4.18. The van der Waals surface area contributed by atoms with E-state index in [4.69, 9.17) is 10.6 Å². The topological polar surface area (TPSA) is 96.9 Å². The summed E-state index contributed by atoms with van der Waals surface area (Å²) in [6, 6.07) is 10.2. The number of anilines is 1. The smallest absolute Gasteiger partial charge is 0.225 e. The number of hydrogen-bond acceptors (Lipinski definition) is 7. The molecule has 0 bridgehead atoms. The quantitative estimate of drug-likeness (QED) is 0.552. The van der Waals surface area contributed by atoms with Crippen LogP contribution in [0.3, 0.4) is 0 Å². The van der Waals surface area contributed by atoms with Gasteiger partial charge in [-0.1, -0.05) is 35.5 Å². The molecule has 1 aromatic heterocycles. The normalized spacial score (nSPS) is 19.2. The fourth-order valence-corrected chi connectivity index (χ4v) is 4.74. The summed E-state index contributed by atoms with van der Waals surface area (Å²) in [5.74, 6) is 1.03. The Balaban J connectivity index is 1.26. The van der Waals surface area contributed by atoms with Gasteiger partial charge in [-0.2, -0.15) is 0 Å². The monoisotopic (exact) mass is 436 g/mol. The van der Waals surface area contributed by atoms with E-state index >= 15 is 0 Å². The number of carbonyl (C=O) groups is 1. The molecule has 2 N–H and O–H groups in total. The minimum absolute atomic E-state index is 0.117. The first-order valence-electron chi connectivity index (χ1n) is 11.4. The first-order valence-corrected chi connectivity index (χ1v) is 11.4. The molecular formula is C24H32N6O2. The number of hydrogen-bond donors (Lipinski definition) is 1. The van der Waals surface area contributed by atoms with Gasteiger partial charge in [-0.25, -0.2) is 9.97 Å². The van der Waals surface area contributed by atoms with Gasteiger partial charge in [0.25, 0.3) is 0 Å². The summed E-state index contributed by atoms with van der Waals surface area (Å²) in [7, 11) is 1.59. The van der Waals surface area contributed by atoms with Crippen molar-refractivity contribution in [2.75, 3.05) is 39.0 Å². The van der Waals surface area contributed by atoms with Crippen molar-refractivity contribution in [3.63, 3.8) is 0 Å². The van der Waals surface area contributed by atoms with Crippen LogP contribution in [-0.2, 0) is 16.2 Å². The first kappa shape index (κ1) is 22.2. The molecule has 2 aliphatic rings. The van der Waals surface area contributed by atoms with Crippen molar-refractivity contribution < 1.29 is 9.63 Å². The number of amides is 1. The average Bonchev–Trinajstić information content (AvgIpc) is 2.85. The second-order valence-electron chi connectivity index (χ2n) is 8.62. The van der Waals surface area contributed by atoms with Gasteiger partial charge in [-0.15, -0.1) is 0 Å². The number of likely N-dealkylation sites (tertiary alicyclic amines) is 2. The zero-order valence-electron chi connectivity index (χ0n) is 18.7. The molecule has 32 heavy (non-hydrogen) atoms. The highest BCUT2D eigenvalue weighted by Gasteiger charge is 2.32. The van der Waals surface area contributed by atoms with Crippen LogP contribution >= 0.6 is 0 Å². The van der Waals surface area contributed by atoms with Crippen molar-refractivity contribution in [2.24, 2.45) is 17.0 Å². The number of nitrogens with zero attached hydrogens (tertiary/aromatic N) is 5. The van der Waals surface area contributed by atoms with Crippen LogP contribution in [0.25, 0.3) is 0 Å². The van der Waals surface area contributed by atoms with Gasteiger partial charge in [0.15, 0.2) is 0 Å². The molecule has 2 aliphatic heterocycles. The summed E-state index contributed by atoms with van der Waals surface area (Å²) in [5.41, 5.74) is 8.70. The molecule has 2 saturated heterocycles. The van der Waals surface area contributed by atoms with E-state index in [1.54, 1.807) is 19.5 Å². The molecule has 8 heteroatoms. The van der Waals surface area contributed by atoms with Crippen LogP contribution in [0.2, 0.25) is 0 Å². The minimum Gasteiger partial charge on any atom is -0.399 e. The first-order chi connectivity index (χ1) is 15.6. The van der Waals surface area contributed by atoms with Gasteiger partial charge in [0, 0.05) is 49.4 Å². The fourth-order valence-electron chi connectivity index (χ4n) is 4.74. The molecule has 4 rings (SSSR count). The lowest BCUT2D eigenvalue weighted by Gasteiger charge is -2.37. The van der Waals surface area contributed by atoms with Gasteiger partial charge >= 0.3 is 0 Å². The molecule has 0 unspecified atom stereocenters. The molecule has 8 nitrogen and oxygen atoms in total. The predicted molar refractivity (Wildman–Crippen MR) is 124 cm³/mol. The molecule has 2 aromatic rings. The van der Waals surface area contributed by atoms with Gasteiger partial charge in [0.2, 0.25) is 11.9 Å². The van der Waals surface area contributed by atoms with Crippen molar-refractivity contribution in [1.29, 1.82) is 0 Å². The number of rotatable bonds is 6. The number of nitrogen functional groups attached to an aromatic ring is 1. The maximum atomic E-state index is 13.1. The van der Waals surface area contributed by atoms with Crippen LogP contribution in [0.5, 0.6) is 0 Å². The summed E-state index contributed by atoms with van der Waals surface area (Å²) in [5, 5.41) is 4.32. The Kier molecular flexibility index (Phi) is 7.32. The number of carbonyl (C=O) groups excluding carboxylic acids is 1. The highest BCUT2D eigenvalue weighted by molar-refractivity contribution is 6.02. The molecule has 170 valence electrons. The molecule has 0 radical (unpaired) electrons. The lowest BCUT2D eigenvalue weighted by molar-refractivity contribution is -0.138. The van der Waals surface area contributed by atoms with E-state index < -0.39 is 0 Å². The van der Waals surface area contributed by atoms with Crippen molar-refractivity contribution in [1.82, 2.24) is 19.8 Å². The van der Waals surface area contributed by atoms with Gasteiger partial charge < -0.3 is 15.5 Å². The van der Waals surface area contributed by atoms with Crippen LogP contribution in [0.1, 0.15) is 36.8 Å². The highest BCUT2D eigenvalue weighted by atomic mass is 16.6. The van der Waals surface area contributed by atoms with Crippen molar-refractivity contribution in [3.8, 4) is 0 Å². The van der Waals surface area contributed by atoms with E-state index in [-0.39, 0.29) is 5.92 Å². The average molecular weight is 437 g/mol. The van der Waals surface area contributed by atoms with Crippen LogP contribution in [0, 0.1) is 11.8 Å². The third-order valence-electron chi connectivity index (χ3n) is 6.52. The van der Waals surface area contributed by atoms with Gasteiger partial charge in [0.05, 0.1) is 5.71 Å². The number of aromatic nitrogens is 2. The summed E-state index contributed by atoms with van der Waals surface area (Å²) < 4.78 is 0. The van der Waals surface area contributed by atoms with Crippen LogP contribution in [0.15, 0.2) is 47.9 Å². The second-order valence-corrected chi connectivity index (χ2v) is 8.62. The Bertz CT molecular complexity index is 902. The van der Waals surface area contributed by atoms with E-state index in [2.05, 4.69) is 37.1 Å². The third-order valence-corrected chi connectivity index (χ3v) is 6.52. The molecule has 0 aliphatic carbocycles. The maximum Gasteiger partial charge on any atom is 0.225 e. The Hall–Kier alpha value is -3.00. The van der Waals surface area contributed by atoms with E-state index in [1.807, 2.05) is 18.2 Å². The highest BCUT2D eigenvalue weighted by Crippen LogP contribution is 2.27. The molecular weight excluding hydrogens is 404 g/mol. The van der Waals surface area contributed by atoms with Gasteiger partial charge in [-0.05, 0) is 44.3 Å². The minimum atomic E-state index is 0.117. The molecule has 2 fully saturated rings. The predicted octanol–water partition coefficient (Wildman–Crippen LogP) is 2.56. The van der Waals surface area contributed by atoms with E-state index in [1.165, 1.54) is 0 Å². The Morgan fingerprint density at radius 3 is 2.28 bits per heavy atom. The zero-order valence-corrected chi connectivity index (χ0v) is 18.7. The van der Waals surface area contributed by atoms with Crippen molar-refractivity contribution in [3.05, 3.63) is 53.9 Å². The Morgan fingerprint density at radius 1 is 1.03 bits per heavy atom. The standard InChI is InChI=1S/C24H32N6O2/c1-32-28-22(19-5-3-2-4-6-19)20-9-13-30(14-10-20)23(31)21-7-11-29(12-8-21)17-18-15-26-24(25)27-16-18/h2-6,15-16,20-21H,7-14,17H2,1H3,(H2,25,26,27). The number of oxime groups is 1. The fraction of sp³-hybridized carbons (Fsp3) is 0.500. The zero-order chi connectivity index (χ0) is 22.3. The van der Waals surface area contributed by atoms with E-state index in [9.17, 15) is 4.79 Å². The van der Waals surface area contributed by atoms with E-state index in [0.717, 1.165) is 75.2 Å². The number of benzene rings is 1. The maximum absolute atomic E-state index is 13.1. The molecule has 0 atom stereocenters. The van der Waals surface area contributed by atoms with Gasteiger partial charge in [-0.3, -0.25) is 9.69 Å². The van der Waals surface area contributed by atoms with Crippen LogP contribution in [-0.4, -0.2) is 64.7 Å². The number of nitrogens with two attached hydrogens (primary N) is 1. The second kappa shape index (κ2) is 10.5. The van der Waals surface area contributed by atoms with Crippen molar-refractivity contribution in [2.45, 2.75) is 32.2 Å².